The Bertz CT molecular complexity index is 788. The summed E-state index contributed by atoms with van der Waals surface area (Å²) in [5.74, 6) is -0.368. The molecule has 1 saturated heterocycles. The first-order chi connectivity index (χ1) is 13.1. The van der Waals surface area contributed by atoms with E-state index in [0.717, 1.165) is 43.8 Å². The lowest BCUT2D eigenvalue weighted by atomic mass is 10.0. The van der Waals surface area contributed by atoms with Crippen LogP contribution in [0.5, 0.6) is 11.5 Å². The maximum absolute atomic E-state index is 13.0. The minimum atomic E-state index is -5.78. The maximum atomic E-state index is 13.0. The van der Waals surface area contributed by atoms with Crippen LogP contribution in [0.4, 0.5) is 33.3 Å². The zero-order valence-corrected chi connectivity index (χ0v) is 14.7. The molecule has 28 heavy (non-hydrogen) atoms. The van der Waals surface area contributed by atoms with Crippen molar-refractivity contribution < 1.29 is 31.8 Å². The molecule has 0 amide bonds. The van der Waals surface area contributed by atoms with Crippen LogP contribution in [0.1, 0.15) is 12.8 Å². The number of ether oxygens (including phenoxy) is 1. The number of rotatable bonds is 5. The molecule has 1 aliphatic heterocycles. The number of phenols is 1. The lowest BCUT2D eigenvalue weighted by Crippen LogP contribution is -2.41. The number of hydrogen-bond donors (Lipinski definition) is 2. The van der Waals surface area contributed by atoms with Crippen molar-refractivity contribution in [2.45, 2.75) is 31.2 Å². The number of piperidine rings is 1. The molecule has 9 heteroatoms. The van der Waals surface area contributed by atoms with Gasteiger partial charge in [-0.05, 0) is 49.2 Å². The molecule has 2 aromatic carbocycles. The summed E-state index contributed by atoms with van der Waals surface area (Å²) in [6.45, 7) is 1.48. The number of alkyl halides is 5. The van der Waals surface area contributed by atoms with Crippen molar-refractivity contribution >= 4 is 11.4 Å². The van der Waals surface area contributed by atoms with Crippen molar-refractivity contribution in [3.63, 3.8) is 0 Å². The summed E-state index contributed by atoms with van der Waals surface area (Å²) in [5, 5.41) is 12.5. The van der Waals surface area contributed by atoms with E-state index in [-0.39, 0.29) is 11.8 Å². The van der Waals surface area contributed by atoms with Crippen LogP contribution >= 0.6 is 0 Å². The molecule has 3 rings (SSSR count). The molecule has 1 aliphatic rings. The van der Waals surface area contributed by atoms with Gasteiger partial charge in [-0.3, -0.25) is 0 Å². The first kappa shape index (κ1) is 20.0. The second kappa shape index (κ2) is 7.73. The van der Waals surface area contributed by atoms with Crippen molar-refractivity contribution in [2.75, 3.05) is 23.3 Å². The summed E-state index contributed by atoms with van der Waals surface area (Å²) in [6, 6.07) is 12.1. The third kappa shape index (κ3) is 4.76. The molecule has 0 atom stereocenters. The number of halogens is 5. The third-order valence-electron chi connectivity index (χ3n) is 4.49. The number of nitrogens with zero attached hydrogens (tertiary/aromatic N) is 1. The van der Waals surface area contributed by atoms with E-state index in [2.05, 4.69) is 15.0 Å². The molecule has 2 N–H and O–H groups in total. The normalized spacial score (nSPS) is 16.1. The fraction of sp³-hybridized carbons (Fsp3) is 0.368. The molecule has 1 heterocycles. The number of anilines is 2. The van der Waals surface area contributed by atoms with Gasteiger partial charge in [0, 0.05) is 36.6 Å². The highest BCUT2D eigenvalue weighted by Crippen LogP contribution is 2.37. The van der Waals surface area contributed by atoms with Gasteiger partial charge in [-0.1, -0.05) is 6.07 Å². The van der Waals surface area contributed by atoms with Gasteiger partial charge in [-0.2, -0.15) is 22.0 Å². The summed E-state index contributed by atoms with van der Waals surface area (Å²) >= 11 is 0. The van der Waals surface area contributed by atoms with Gasteiger partial charge in [-0.15, -0.1) is 0 Å². The molecule has 1 fully saturated rings. The van der Waals surface area contributed by atoms with Crippen LogP contribution in [0.15, 0.2) is 48.5 Å². The SMILES string of the molecule is Oc1ccc(N2CCC(Nc3cccc(OC(F)(F)C(F)(F)F)c3)CC2)cc1. The van der Waals surface area contributed by atoms with Crippen LogP contribution in [0.25, 0.3) is 0 Å². The zero-order valence-electron chi connectivity index (χ0n) is 14.7. The second-order valence-corrected chi connectivity index (χ2v) is 6.57. The lowest BCUT2D eigenvalue weighted by Gasteiger charge is -2.34. The predicted molar refractivity (Wildman–Crippen MR) is 95.0 cm³/mol. The number of benzene rings is 2. The molecule has 0 bridgehead atoms. The van der Waals surface area contributed by atoms with Gasteiger partial charge in [0.2, 0.25) is 0 Å². The van der Waals surface area contributed by atoms with Crippen LogP contribution in [0, 0.1) is 0 Å². The Morgan fingerprint density at radius 3 is 2.21 bits per heavy atom. The molecule has 4 nitrogen and oxygen atoms in total. The average molecular weight is 402 g/mol. The topological polar surface area (TPSA) is 44.7 Å². The van der Waals surface area contributed by atoms with Crippen molar-refractivity contribution in [3.05, 3.63) is 48.5 Å². The fourth-order valence-electron chi connectivity index (χ4n) is 3.04. The third-order valence-corrected chi connectivity index (χ3v) is 4.49. The van der Waals surface area contributed by atoms with E-state index in [9.17, 15) is 27.1 Å². The maximum Gasteiger partial charge on any atom is 0.499 e. The molecule has 2 aromatic rings. The lowest BCUT2D eigenvalue weighted by molar-refractivity contribution is -0.360. The minimum Gasteiger partial charge on any atom is -0.508 e. The summed E-state index contributed by atoms with van der Waals surface area (Å²) < 4.78 is 66.8. The van der Waals surface area contributed by atoms with Crippen LogP contribution in [-0.2, 0) is 0 Å². The quantitative estimate of drug-likeness (QED) is 0.691. The first-order valence-electron chi connectivity index (χ1n) is 8.68. The number of phenolic OH excluding ortho intramolecular Hbond substituents is 1. The van der Waals surface area contributed by atoms with Crippen molar-refractivity contribution in [1.29, 1.82) is 0 Å². The summed E-state index contributed by atoms with van der Waals surface area (Å²) in [6.07, 6.45) is -9.52. The molecule has 0 aromatic heterocycles. The molecule has 0 unspecified atom stereocenters. The Morgan fingerprint density at radius 1 is 0.964 bits per heavy atom. The van der Waals surface area contributed by atoms with Crippen LogP contribution < -0.4 is 15.0 Å². The first-order valence-corrected chi connectivity index (χ1v) is 8.68. The van der Waals surface area contributed by atoms with Gasteiger partial charge in [0.1, 0.15) is 11.5 Å². The highest BCUT2D eigenvalue weighted by molar-refractivity contribution is 5.51. The smallest absolute Gasteiger partial charge is 0.499 e. The van der Waals surface area contributed by atoms with Crippen LogP contribution in [0.3, 0.4) is 0 Å². The largest absolute Gasteiger partial charge is 0.508 e. The van der Waals surface area contributed by atoms with Crippen molar-refractivity contribution in [3.8, 4) is 11.5 Å². The zero-order chi connectivity index (χ0) is 20.4. The number of nitrogens with one attached hydrogen (secondary N) is 1. The molecule has 0 aliphatic carbocycles. The Morgan fingerprint density at radius 2 is 1.61 bits per heavy atom. The highest BCUT2D eigenvalue weighted by atomic mass is 19.4. The van der Waals surface area contributed by atoms with Gasteiger partial charge in [0.15, 0.2) is 0 Å². The van der Waals surface area contributed by atoms with Gasteiger partial charge in [0.05, 0.1) is 0 Å². The van der Waals surface area contributed by atoms with E-state index < -0.39 is 18.0 Å². The van der Waals surface area contributed by atoms with E-state index in [0.29, 0.717) is 5.69 Å². The fourth-order valence-corrected chi connectivity index (χ4v) is 3.04. The number of hydrogen-bond acceptors (Lipinski definition) is 4. The van der Waals surface area contributed by atoms with Crippen LogP contribution in [-0.4, -0.2) is 36.5 Å². The molecule has 0 saturated carbocycles. The van der Waals surface area contributed by atoms with Gasteiger partial charge in [-0.25, -0.2) is 0 Å². The van der Waals surface area contributed by atoms with E-state index in [1.165, 1.54) is 6.07 Å². The summed E-state index contributed by atoms with van der Waals surface area (Å²) in [5.41, 5.74) is 1.40. The Kier molecular flexibility index (Phi) is 5.53. The average Bonchev–Trinajstić information content (AvgIpc) is 2.62. The Balaban J connectivity index is 1.57. The number of aromatic hydroxyl groups is 1. The minimum absolute atomic E-state index is 0.0479. The van der Waals surface area contributed by atoms with Crippen LogP contribution in [0.2, 0.25) is 0 Å². The van der Waals surface area contributed by atoms with Gasteiger partial charge >= 0.3 is 12.3 Å². The molecular formula is C19H19F5N2O2. The summed E-state index contributed by atoms with van der Waals surface area (Å²) in [4.78, 5) is 2.15. The molecule has 0 radical (unpaired) electrons. The molecule has 0 spiro atoms. The van der Waals surface area contributed by atoms with E-state index in [4.69, 9.17) is 0 Å². The monoisotopic (exact) mass is 402 g/mol. The van der Waals surface area contributed by atoms with E-state index in [1.54, 1.807) is 18.2 Å². The predicted octanol–water partition coefficient (Wildman–Crippen LogP) is 5.01. The van der Waals surface area contributed by atoms with Gasteiger partial charge < -0.3 is 20.1 Å². The van der Waals surface area contributed by atoms with E-state index in [1.807, 2.05) is 12.1 Å². The van der Waals surface area contributed by atoms with Crippen molar-refractivity contribution in [1.82, 2.24) is 0 Å². The second-order valence-electron chi connectivity index (χ2n) is 6.57. The summed E-state index contributed by atoms with van der Waals surface area (Å²) in [7, 11) is 0. The molecule has 152 valence electrons. The molecular weight excluding hydrogens is 383 g/mol. The Hall–Kier alpha value is -2.71. The van der Waals surface area contributed by atoms with Crippen molar-refractivity contribution in [2.24, 2.45) is 0 Å². The standard InChI is InChI=1S/C19H19F5N2O2/c20-18(21,22)19(23,24)28-17-3-1-2-14(12-17)25-13-8-10-26(11-9-13)15-4-6-16(27)7-5-15/h1-7,12-13,25,27H,8-11H2. The van der Waals surface area contributed by atoms with Gasteiger partial charge in [0.25, 0.3) is 0 Å². The Labute approximate surface area is 158 Å². The highest BCUT2D eigenvalue weighted by Gasteiger charge is 2.61. The van der Waals surface area contributed by atoms with E-state index >= 15 is 0 Å².